The van der Waals surface area contributed by atoms with Gasteiger partial charge in [-0.15, -0.1) is 0 Å². The van der Waals surface area contributed by atoms with E-state index >= 15 is 0 Å². The molecule has 0 N–H and O–H groups in total. The molecule has 1 saturated heterocycles. The van der Waals surface area contributed by atoms with E-state index in [1.165, 1.54) is 7.11 Å². The van der Waals surface area contributed by atoms with Gasteiger partial charge in [0.2, 0.25) is 5.91 Å². The van der Waals surface area contributed by atoms with Gasteiger partial charge in [0.15, 0.2) is 0 Å². The first kappa shape index (κ1) is 13.0. The first-order valence-corrected chi connectivity index (χ1v) is 5.52. The molecule has 0 radical (unpaired) electrons. The summed E-state index contributed by atoms with van der Waals surface area (Å²) in [6, 6.07) is 0. The number of nitrogens with zero attached hydrogens (tertiary/aromatic N) is 1. The molecule has 1 heterocycles. The van der Waals surface area contributed by atoms with Gasteiger partial charge >= 0.3 is 5.97 Å². The van der Waals surface area contributed by atoms with Crippen LogP contribution in [-0.4, -0.2) is 50.2 Å². The van der Waals surface area contributed by atoms with Crippen LogP contribution in [0.2, 0.25) is 0 Å². The Morgan fingerprint density at radius 2 is 1.81 bits per heavy atom. The molecule has 0 aromatic heterocycles. The van der Waals surface area contributed by atoms with Crippen molar-refractivity contribution in [2.75, 3.05) is 33.4 Å². The third-order valence-corrected chi connectivity index (χ3v) is 2.71. The molecule has 5 nitrogen and oxygen atoms in total. The van der Waals surface area contributed by atoms with Crippen molar-refractivity contribution in [3.63, 3.8) is 0 Å². The van der Waals surface area contributed by atoms with Crippen molar-refractivity contribution in [2.24, 2.45) is 11.8 Å². The lowest BCUT2D eigenvalue weighted by Crippen LogP contribution is -2.47. The minimum atomic E-state index is -0.692. The van der Waals surface area contributed by atoms with Crippen molar-refractivity contribution < 1.29 is 19.1 Å². The Morgan fingerprint density at radius 1 is 1.25 bits per heavy atom. The van der Waals surface area contributed by atoms with Gasteiger partial charge in [0.05, 0.1) is 20.3 Å². The van der Waals surface area contributed by atoms with Crippen LogP contribution in [0.4, 0.5) is 0 Å². The lowest BCUT2D eigenvalue weighted by molar-refractivity contribution is -0.157. The largest absolute Gasteiger partial charge is 0.468 e. The van der Waals surface area contributed by atoms with E-state index < -0.39 is 11.9 Å². The Kier molecular flexibility index (Phi) is 4.73. The minimum Gasteiger partial charge on any atom is -0.468 e. The van der Waals surface area contributed by atoms with Crippen LogP contribution in [0, 0.1) is 11.8 Å². The number of carbonyl (C=O) groups excluding carboxylic acids is 2. The van der Waals surface area contributed by atoms with E-state index in [1.54, 1.807) is 4.90 Å². The summed E-state index contributed by atoms with van der Waals surface area (Å²) < 4.78 is 9.83. The number of hydrogen-bond donors (Lipinski definition) is 0. The van der Waals surface area contributed by atoms with Gasteiger partial charge in [-0.2, -0.15) is 0 Å². The molecule has 1 amide bonds. The molecule has 0 aromatic carbocycles. The number of esters is 1. The molecule has 1 atom stereocenters. The van der Waals surface area contributed by atoms with E-state index in [0.29, 0.717) is 26.3 Å². The zero-order chi connectivity index (χ0) is 12.1. The smallest absolute Gasteiger partial charge is 0.318 e. The highest BCUT2D eigenvalue weighted by atomic mass is 16.5. The highest BCUT2D eigenvalue weighted by Gasteiger charge is 2.34. The summed E-state index contributed by atoms with van der Waals surface area (Å²) in [6.07, 6.45) is 0. The first-order valence-electron chi connectivity index (χ1n) is 5.52. The summed E-state index contributed by atoms with van der Waals surface area (Å²) in [5, 5.41) is 0. The molecule has 1 aliphatic heterocycles. The van der Waals surface area contributed by atoms with Crippen LogP contribution in [-0.2, 0) is 19.1 Å². The number of morpholine rings is 1. The van der Waals surface area contributed by atoms with Crippen molar-refractivity contribution in [1.82, 2.24) is 4.90 Å². The Balaban J connectivity index is 2.69. The van der Waals surface area contributed by atoms with Gasteiger partial charge in [0.1, 0.15) is 5.92 Å². The summed E-state index contributed by atoms with van der Waals surface area (Å²) in [5.74, 6) is -1.34. The number of hydrogen-bond acceptors (Lipinski definition) is 4. The number of methoxy groups -OCH3 is 1. The van der Waals surface area contributed by atoms with Gasteiger partial charge in [-0.25, -0.2) is 0 Å². The standard InChI is InChI=1S/C11H19NO4/c1-8(2)9(11(14)15-3)10(13)12-4-6-16-7-5-12/h8-9H,4-7H2,1-3H3. The molecule has 16 heavy (non-hydrogen) atoms. The van der Waals surface area contributed by atoms with Crippen molar-refractivity contribution in [3.8, 4) is 0 Å². The van der Waals surface area contributed by atoms with E-state index in [2.05, 4.69) is 4.74 Å². The fourth-order valence-corrected chi connectivity index (χ4v) is 1.77. The summed E-state index contributed by atoms with van der Waals surface area (Å²) >= 11 is 0. The molecule has 0 saturated carbocycles. The third kappa shape index (κ3) is 2.95. The summed E-state index contributed by atoms with van der Waals surface area (Å²) in [4.78, 5) is 25.3. The maximum atomic E-state index is 12.1. The van der Waals surface area contributed by atoms with Gasteiger partial charge < -0.3 is 14.4 Å². The quantitative estimate of drug-likeness (QED) is 0.515. The number of rotatable bonds is 3. The van der Waals surface area contributed by atoms with Crippen molar-refractivity contribution in [2.45, 2.75) is 13.8 Å². The lowest BCUT2D eigenvalue weighted by Gasteiger charge is -2.30. The molecular formula is C11H19NO4. The lowest BCUT2D eigenvalue weighted by atomic mass is 9.94. The van der Waals surface area contributed by atoms with Crippen LogP contribution in [0.5, 0.6) is 0 Å². The SMILES string of the molecule is COC(=O)C(C(=O)N1CCOCC1)C(C)C. The number of carbonyl (C=O) groups is 2. The predicted molar refractivity (Wildman–Crippen MR) is 57.7 cm³/mol. The van der Waals surface area contributed by atoms with Crippen LogP contribution in [0.3, 0.4) is 0 Å². The topological polar surface area (TPSA) is 55.8 Å². The zero-order valence-electron chi connectivity index (χ0n) is 10.1. The zero-order valence-corrected chi connectivity index (χ0v) is 10.1. The van der Waals surface area contributed by atoms with E-state index in [-0.39, 0.29) is 11.8 Å². The Hall–Kier alpha value is -1.10. The highest BCUT2D eigenvalue weighted by molar-refractivity contribution is 5.98. The van der Waals surface area contributed by atoms with E-state index in [1.807, 2.05) is 13.8 Å². The molecule has 0 bridgehead atoms. The average Bonchev–Trinajstić information content (AvgIpc) is 2.29. The molecule has 1 rings (SSSR count). The van der Waals surface area contributed by atoms with Crippen LogP contribution < -0.4 is 0 Å². The molecule has 0 spiro atoms. The van der Waals surface area contributed by atoms with Crippen LogP contribution in [0.15, 0.2) is 0 Å². The molecule has 5 heteroatoms. The predicted octanol–water partition coefficient (Wildman–Crippen LogP) is 0.290. The highest BCUT2D eigenvalue weighted by Crippen LogP contribution is 2.17. The van der Waals surface area contributed by atoms with Gasteiger partial charge in [-0.05, 0) is 5.92 Å². The molecule has 0 aliphatic carbocycles. The average molecular weight is 229 g/mol. The molecule has 1 unspecified atom stereocenters. The van der Waals surface area contributed by atoms with E-state index in [9.17, 15) is 9.59 Å². The van der Waals surface area contributed by atoms with Crippen molar-refractivity contribution >= 4 is 11.9 Å². The fourth-order valence-electron chi connectivity index (χ4n) is 1.77. The summed E-state index contributed by atoms with van der Waals surface area (Å²) in [6.45, 7) is 5.88. The normalized spacial score (nSPS) is 18.4. The van der Waals surface area contributed by atoms with Crippen molar-refractivity contribution in [3.05, 3.63) is 0 Å². The summed E-state index contributed by atoms with van der Waals surface area (Å²) in [5.41, 5.74) is 0. The van der Waals surface area contributed by atoms with Crippen LogP contribution in [0.1, 0.15) is 13.8 Å². The van der Waals surface area contributed by atoms with Gasteiger partial charge in [0, 0.05) is 13.1 Å². The van der Waals surface area contributed by atoms with Gasteiger partial charge in [0.25, 0.3) is 0 Å². The van der Waals surface area contributed by atoms with Crippen molar-refractivity contribution in [1.29, 1.82) is 0 Å². The molecule has 1 fully saturated rings. The minimum absolute atomic E-state index is 0.0530. The maximum absolute atomic E-state index is 12.1. The monoisotopic (exact) mass is 229 g/mol. The Bertz CT molecular complexity index is 259. The second-order valence-electron chi connectivity index (χ2n) is 4.18. The van der Waals surface area contributed by atoms with Gasteiger partial charge in [-0.3, -0.25) is 9.59 Å². The van der Waals surface area contributed by atoms with E-state index in [4.69, 9.17) is 4.74 Å². The Morgan fingerprint density at radius 3 is 2.25 bits per heavy atom. The second kappa shape index (κ2) is 5.84. The summed E-state index contributed by atoms with van der Waals surface area (Å²) in [7, 11) is 1.31. The molecular weight excluding hydrogens is 210 g/mol. The van der Waals surface area contributed by atoms with E-state index in [0.717, 1.165) is 0 Å². The molecule has 92 valence electrons. The number of ether oxygens (including phenoxy) is 2. The maximum Gasteiger partial charge on any atom is 0.318 e. The first-order chi connectivity index (χ1) is 7.57. The van der Waals surface area contributed by atoms with Crippen LogP contribution >= 0.6 is 0 Å². The third-order valence-electron chi connectivity index (χ3n) is 2.71. The van der Waals surface area contributed by atoms with Crippen LogP contribution in [0.25, 0.3) is 0 Å². The number of amides is 1. The fraction of sp³-hybridized carbons (Fsp3) is 0.818. The van der Waals surface area contributed by atoms with Gasteiger partial charge in [-0.1, -0.05) is 13.8 Å². The molecule has 1 aliphatic rings. The molecule has 0 aromatic rings. The second-order valence-corrected chi connectivity index (χ2v) is 4.18. The Labute approximate surface area is 95.7 Å².